The molecule has 1 aromatic carbocycles. The number of para-hydroxylation sites is 1. The van der Waals surface area contributed by atoms with Crippen molar-refractivity contribution in [3.8, 4) is 0 Å². The van der Waals surface area contributed by atoms with Gasteiger partial charge in [0.25, 0.3) is 0 Å². The second-order valence-electron chi connectivity index (χ2n) is 5.85. The van der Waals surface area contributed by atoms with Gasteiger partial charge < -0.3 is 4.98 Å². The van der Waals surface area contributed by atoms with Crippen LogP contribution in [0.5, 0.6) is 0 Å². The summed E-state index contributed by atoms with van der Waals surface area (Å²) in [5, 5.41) is 1.63. The van der Waals surface area contributed by atoms with Crippen LogP contribution in [0.25, 0.3) is 10.9 Å². The lowest BCUT2D eigenvalue weighted by atomic mass is 9.92. The molecule has 3 rings (SSSR count). The maximum Gasteiger partial charge on any atom is 0.165 e. The van der Waals surface area contributed by atoms with Crippen molar-refractivity contribution in [1.29, 1.82) is 0 Å². The molecule has 0 aliphatic heterocycles. The molecule has 0 saturated heterocycles. The number of benzene rings is 1. The number of halogens is 1. The van der Waals surface area contributed by atoms with Gasteiger partial charge in [-0.15, -0.1) is 0 Å². The van der Waals surface area contributed by atoms with Gasteiger partial charge in [-0.2, -0.15) is 0 Å². The van der Waals surface area contributed by atoms with E-state index in [1.165, 1.54) is 38.5 Å². The van der Waals surface area contributed by atoms with E-state index < -0.39 is 0 Å². The first-order chi connectivity index (χ1) is 9.75. The van der Waals surface area contributed by atoms with Crippen LogP contribution in [-0.4, -0.2) is 10.8 Å². The molecule has 106 valence electrons. The number of fused-ring (bicyclic) bond motifs is 1. The van der Waals surface area contributed by atoms with E-state index in [0.29, 0.717) is 17.4 Å². The maximum absolute atomic E-state index is 12.5. The van der Waals surface area contributed by atoms with E-state index in [2.05, 4.69) is 4.98 Å². The number of aromatic amines is 1. The molecule has 0 bridgehead atoms. The van der Waals surface area contributed by atoms with Gasteiger partial charge in [-0.05, 0) is 12.0 Å². The Morgan fingerprint density at radius 3 is 2.70 bits per heavy atom. The maximum atomic E-state index is 12.5. The third kappa shape index (κ3) is 2.76. The van der Waals surface area contributed by atoms with Crippen molar-refractivity contribution in [2.45, 2.75) is 44.9 Å². The molecule has 1 saturated carbocycles. The SMILES string of the molecule is O=C(CC1CCCCCC1)c1c[nH]c2c(Cl)cccc12. The normalized spacial score (nSPS) is 17.2. The fraction of sp³-hybridized carbons (Fsp3) is 0.471. The van der Waals surface area contributed by atoms with Crippen molar-refractivity contribution >= 4 is 28.3 Å². The Hall–Kier alpha value is -1.28. The highest BCUT2D eigenvalue weighted by Crippen LogP contribution is 2.30. The summed E-state index contributed by atoms with van der Waals surface area (Å²) in [6.07, 6.45) is 10.1. The Morgan fingerprint density at radius 2 is 1.95 bits per heavy atom. The van der Waals surface area contributed by atoms with Crippen molar-refractivity contribution in [3.63, 3.8) is 0 Å². The molecule has 1 aliphatic rings. The number of H-pyrrole nitrogens is 1. The zero-order valence-corrected chi connectivity index (χ0v) is 12.4. The van der Waals surface area contributed by atoms with Gasteiger partial charge in [0, 0.05) is 23.6 Å². The lowest BCUT2D eigenvalue weighted by molar-refractivity contribution is 0.0958. The molecule has 0 unspecified atom stereocenters. The lowest BCUT2D eigenvalue weighted by Gasteiger charge is -2.12. The van der Waals surface area contributed by atoms with E-state index in [4.69, 9.17) is 11.6 Å². The molecule has 2 nitrogen and oxygen atoms in total. The number of Topliss-reactive ketones (excluding diaryl/α,β-unsaturated/α-hetero) is 1. The molecule has 0 atom stereocenters. The van der Waals surface area contributed by atoms with Crippen molar-refractivity contribution in [2.24, 2.45) is 5.92 Å². The van der Waals surface area contributed by atoms with E-state index in [1.54, 1.807) is 0 Å². The fourth-order valence-corrected chi connectivity index (χ4v) is 3.52. The number of aromatic nitrogens is 1. The average Bonchev–Trinajstić information content (AvgIpc) is 2.72. The second-order valence-corrected chi connectivity index (χ2v) is 6.26. The summed E-state index contributed by atoms with van der Waals surface area (Å²) in [5.74, 6) is 0.819. The van der Waals surface area contributed by atoms with Crippen molar-refractivity contribution < 1.29 is 4.79 Å². The van der Waals surface area contributed by atoms with Gasteiger partial charge in [0.2, 0.25) is 0 Å². The Bertz CT molecular complexity index is 608. The summed E-state index contributed by atoms with van der Waals surface area (Å²) in [6, 6.07) is 5.72. The molecule has 1 N–H and O–H groups in total. The Kier molecular flexibility index (Phi) is 4.11. The molecule has 0 spiro atoms. The molecule has 1 aromatic heterocycles. The van der Waals surface area contributed by atoms with Crippen molar-refractivity contribution in [2.75, 3.05) is 0 Å². The minimum atomic E-state index is 0.255. The first kappa shape index (κ1) is 13.7. The van der Waals surface area contributed by atoms with Crippen LogP contribution >= 0.6 is 11.6 Å². The van der Waals surface area contributed by atoms with Gasteiger partial charge in [-0.1, -0.05) is 62.3 Å². The summed E-state index contributed by atoms with van der Waals surface area (Å²) in [4.78, 5) is 15.7. The first-order valence-electron chi connectivity index (χ1n) is 7.54. The van der Waals surface area contributed by atoms with Crippen LogP contribution < -0.4 is 0 Å². The number of nitrogens with one attached hydrogen (secondary N) is 1. The minimum absolute atomic E-state index is 0.255. The number of ketones is 1. The zero-order chi connectivity index (χ0) is 13.9. The molecular weight excluding hydrogens is 270 g/mol. The van der Waals surface area contributed by atoms with Crippen molar-refractivity contribution in [3.05, 3.63) is 35.0 Å². The molecular formula is C17H20ClNO. The molecule has 1 aliphatic carbocycles. The first-order valence-corrected chi connectivity index (χ1v) is 7.92. The highest BCUT2D eigenvalue weighted by atomic mass is 35.5. The molecule has 0 amide bonds. The van der Waals surface area contributed by atoms with Gasteiger partial charge >= 0.3 is 0 Å². The van der Waals surface area contributed by atoms with Crippen LogP contribution in [0.2, 0.25) is 5.02 Å². The monoisotopic (exact) mass is 289 g/mol. The molecule has 1 fully saturated rings. The van der Waals surface area contributed by atoms with Crippen molar-refractivity contribution in [1.82, 2.24) is 4.98 Å². The van der Waals surface area contributed by atoms with E-state index >= 15 is 0 Å². The Morgan fingerprint density at radius 1 is 1.20 bits per heavy atom. The van der Waals surface area contributed by atoms with Gasteiger partial charge in [0.1, 0.15) is 0 Å². The van der Waals surface area contributed by atoms with Gasteiger partial charge in [-0.25, -0.2) is 0 Å². The van der Waals surface area contributed by atoms with E-state index in [9.17, 15) is 4.79 Å². The number of carbonyl (C=O) groups is 1. The van der Waals surface area contributed by atoms with E-state index in [-0.39, 0.29) is 5.78 Å². The predicted octanol–water partition coefficient (Wildman–Crippen LogP) is 5.36. The van der Waals surface area contributed by atoms with Crippen LogP contribution in [0.1, 0.15) is 55.3 Å². The molecule has 0 radical (unpaired) electrons. The third-order valence-electron chi connectivity index (χ3n) is 4.41. The van der Waals surface area contributed by atoms with E-state index in [1.807, 2.05) is 24.4 Å². The van der Waals surface area contributed by atoms with Gasteiger partial charge in [0.15, 0.2) is 5.78 Å². The van der Waals surface area contributed by atoms with Crippen LogP contribution in [-0.2, 0) is 0 Å². The van der Waals surface area contributed by atoms with Gasteiger partial charge in [-0.3, -0.25) is 4.79 Å². The quantitative estimate of drug-likeness (QED) is 0.598. The van der Waals surface area contributed by atoms with Crippen LogP contribution in [0.4, 0.5) is 0 Å². The topological polar surface area (TPSA) is 32.9 Å². The van der Waals surface area contributed by atoms with Crippen LogP contribution in [0, 0.1) is 5.92 Å². The largest absolute Gasteiger partial charge is 0.359 e. The summed E-state index contributed by atoms with van der Waals surface area (Å²) < 4.78 is 0. The average molecular weight is 290 g/mol. The van der Waals surface area contributed by atoms with Crippen LogP contribution in [0.3, 0.4) is 0 Å². The fourth-order valence-electron chi connectivity index (χ4n) is 3.29. The Balaban J connectivity index is 1.80. The second kappa shape index (κ2) is 6.01. The third-order valence-corrected chi connectivity index (χ3v) is 4.73. The smallest absolute Gasteiger partial charge is 0.165 e. The Labute approximate surface area is 124 Å². The summed E-state index contributed by atoms with van der Waals surface area (Å²) in [7, 11) is 0. The zero-order valence-electron chi connectivity index (χ0n) is 11.6. The number of hydrogen-bond acceptors (Lipinski definition) is 1. The van der Waals surface area contributed by atoms with Crippen LogP contribution in [0.15, 0.2) is 24.4 Å². The number of rotatable bonds is 3. The van der Waals surface area contributed by atoms with Gasteiger partial charge in [0.05, 0.1) is 10.5 Å². The summed E-state index contributed by atoms with van der Waals surface area (Å²) in [5.41, 5.74) is 1.67. The minimum Gasteiger partial charge on any atom is -0.359 e. The summed E-state index contributed by atoms with van der Waals surface area (Å²) in [6.45, 7) is 0. The number of hydrogen-bond donors (Lipinski definition) is 1. The molecule has 2 aromatic rings. The molecule has 3 heteroatoms. The summed E-state index contributed by atoms with van der Waals surface area (Å²) >= 11 is 6.15. The standard InChI is InChI=1S/C17H20ClNO/c18-15-9-5-8-13-14(11-19-17(13)15)16(20)10-12-6-3-1-2-4-7-12/h5,8-9,11-12,19H,1-4,6-7,10H2. The van der Waals surface area contributed by atoms with E-state index in [0.717, 1.165) is 16.5 Å². The molecule has 20 heavy (non-hydrogen) atoms. The highest BCUT2D eigenvalue weighted by Gasteiger charge is 2.19. The lowest BCUT2D eigenvalue weighted by Crippen LogP contribution is -2.08. The highest BCUT2D eigenvalue weighted by molar-refractivity contribution is 6.35. The molecule has 1 heterocycles. The predicted molar refractivity (Wildman–Crippen MR) is 83.4 cm³/mol. The number of carbonyl (C=O) groups excluding carboxylic acids is 1.